The number of nitrogens with one attached hydrogen (secondary N) is 1. The summed E-state index contributed by atoms with van der Waals surface area (Å²) in [5, 5.41) is 15.6. The number of nitrogens with zero attached hydrogens (tertiary/aromatic N) is 2. The van der Waals surface area contributed by atoms with Crippen molar-refractivity contribution in [3.05, 3.63) is 53.3 Å². The standard InChI is InChI=1S/C14H15N3O3/c1-17-12(6-8-16-17)13(18)15-7-5-10-3-2-4-11(9-10)14(19)20/h2-4,6,8-9H,5,7H2,1H3,(H,15,18)(H,19,20). The van der Waals surface area contributed by atoms with Crippen molar-refractivity contribution in [3.8, 4) is 0 Å². The molecule has 0 saturated heterocycles. The molecular formula is C14H15N3O3. The molecule has 2 aromatic rings. The number of hydrogen-bond donors (Lipinski definition) is 2. The summed E-state index contributed by atoms with van der Waals surface area (Å²) >= 11 is 0. The second-order valence-electron chi connectivity index (χ2n) is 4.35. The molecule has 1 amide bonds. The van der Waals surface area contributed by atoms with Crippen LogP contribution in [-0.2, 0) is 13.5 Å². The van der Waals surface area contributed by atoms with E-state index in [1.165, 1.54) is 4.68 Å². The normalized spacial score (nSPS) is 10.2. The zero-order chi connectivity index (χ0) is 14.5. The van der Waals surface area contributed by atoms with Gasteiger partial charge in [-0.2, -0.15) is 5.10 Å². The highest BCUT2D eigenvalue weighted by molar-refractivity contribution is 5.92. The van der Waals surface area contributed by atoms with Crippen molar-refractivity contribution in [3.63, 3.8) is 0 Å². The number of rotatable bonds is 5. The Labute approximate surface area is 116 Å². The molecule has 2 N–H and O–H groups in total. The summed E-state index contributed by atoms with van der Waals surface area (Å²) in [5.74, 6) is -1.15. The van der Waals surface area contributed by atoms with E-state index in [-0.39, 0.29) is 11.5 Å². The SMILES string of the molecule is Cn1nccc1C(=O)NCCc1cccc(C(=O)O)c1. The largest absolute Gasteiger partial charge is 0.478 e. The molecule has 0 aliphatic rings. The van der Waals surface area contributed by atoms with E-state index in [9.17, 15) is 9.59 Å². The van der Waals surface area contributed by atoms with Crippen molar-refractivity contribution < 1.29 is 14.7 Å². The van der Waals surface area contributed by atoms with Crippen LogP contribution in [0.5, 0.6) is 0 Å². The van der Waals surface area contributed by atoms with Crippen LogP contribution in [0.1, 0.15) is 26.4 Å². The number of carboxylic acid groups (broad SMARTS) is 1. The number of hydrogen-bond acceptors (Lipinski definition) is 3. The fourth-order valence-electron chi connectivity index (χ4n) is 1.87. The smallest absolute Gasteiger partial charge is 0.335 e. The molecule has 1 heterocycles. The predicted octanol–water partition coefficient (Wildman–Crippen LogP) is 1.09. The van der Waals surface area contributed by atoms with Crippen LogP contribution in [0.2, 0.25) is 0 Å². The Hall–Kier alpha value is -2.63. The Morgan fingerprint density at radius 1 is 1.35 bits per heavy atom. The second-order valence-corrected chi connectivity index (χ2v) is 4.35. The highest BCUT2D eigenvalue weighted by Gasteiger charge is 2.09. The Bertz CT molecular complexity index is 634. The highest BCUT2D eigenvalue weighted by atomic mass is 16.4. The molecule has 1 aromatic heterocycles. The average Bonchev–Trinajstić information content (AvgIpc) is 2.85. The van der Waals surface area contributed by atoms with Gasteiger partial charge in [0.1, 0.15) is 5.69 Å². The van der Waals surface area contributed by atoms with Crippen molar-refractivity contribution in [1.82, 2.24) is 15.1 Å². The number of aromatic nitrogens is 2. The Morgan fingerprint density at radius 3 is 2.80 bits per heavy atom. The van der Waals surface area contributed by atoms with Crippen molar-refractivity contribution in [2.75, 3.05) is 6.54 Å². The molecule has 2 rings (SSSR count). The summed E-state index contributed by atoms with van der Waals surface area (Å²) in [5.41, 5.74) is 1.61. The average molecular weight is 273 g/mol. The molecule has 104 valence electrons. The van der Waals surface area contributed by atoms with Crippen molar-refractivity contribution in [2.24, 2.45) is 7.05 Å². The van der Waals surface area contributed by atoms with Gasteiger partial charge in [-0.15, -0.1) is 0 Å². The molecule has 1 aromatic carbocycles. The summed E-state index contributed by atoms with van der Waals surface area (Å²) in [7, 11) is 1.70. The predicted molar refractivity (Wildman–Crippen MR) is 72.6 cm³/mol. The van der Waals surface area contributed by atoms with Gasteiger partial charge in [0.2, 0.25) is 0 Å². The first-order chi connectivity index (χ1) is 9.58. The number of carbonyl (C=O) groups excluding carboxylic acids is 1. The van der Waals surface area contributed by atoms with Crippen LogP contribution in [-0.4, -0.2) is 33.3 Å². The third kappa shape index (κ3) is 3.23. The van der Waals surface area contributed by atoms with Crippen LogP contribution in [0.25, 0.3) is 0 Å². The minimum atomic E-state index is -0.953. The van der Waals surface area contributed by atoms with Crippen LogP contribution in [0.3, 0.4) is 0 Å². The highest BCUT2D eigenvalue weighted by Crippen LogP contribution is 2.06. The lowest BCUT2D eigenvalue weighted by molar-refractivity contribution is 0.0696. The molecule has 0 aliphatic carbocycles. The van der Waals surface area contributed by atoms with E-state index < -0.39 is 5.97 Å². The summed E-state index contributed by atoms with van der Waals surface area (Å²) in [6.45, 7) is 0.438. The minimum Gasteiger partial charge on any atom is -0.478 e. The maximum absolute atomic E-state index is 11.8. The van der Waals surface area contributed by atoms with Crippen LogP contribution in [0.4, 0.5) is 0 Å². The molecule has 0 atom stereocenters. The number of benzene rings is 1. The van der Waals surface area contributed by atoms with Gasteiger partial charge in [0.05, 0.1) is 5.56 Å². The summed E-state index contributed by atoms with van der Waals surface area (Å²) in [6.07, 6.45) is 2.13. The fraction of sp³-hybridized carbons (Fsp3) is 0.214. The fourth-order valence-corrected chi connectivity index (χ4v) is 1.87. The first-order valence-corrected chi connectivity index (χ1v) is 6.16. The molecule has 0 spiro atoms. The topological polar surface area (TPSA) is 84.2 Å². The molecule has 0 radical (unpaired) electrons. The lowest BCUT2D eigenvalue weighted by Crippen LogP contribution is -2.27. The van der Waals surface area contributed by atoms with E-state index in [0.717, 1.165) is 5.56 Å². The van der Waals surface area contributed by atoms with Crippen molar-refractivity contribution in [1.29, 1.82) is 0 Å². The zero-order valence-corrected chi connectivity index (χ0v) is 11.0. The Balaban J connectivity index is 1.90. The van der Waals surface area contributed by atoms with Gasteiger partial charge >= 0.3 is 5.97 Å². The van der Waals surface area contributed by atoms with E-state index in [4.69, 9.17) is 5.11 Å². The van der Waals surface area contributed by atoms with Crippen molar-refractivity contribution >= 4 is 11.9 Å². The van der Waals surface area contributed by atoms with Crippen LogP contribution in [0.15, 0.2) is 36.5 Å². The monoisotopic (exact) mass is 273 g/mol. The van der Waals surface area contributed by atoms with Crippen LogP contribution < -0.4 is 5.32 Å². The molecule has 0 fully saturated rings. The third-order valence-electron chi connectivity index (χ3n) is 2.93. The number of carboxylic acids is 1. The van der Waals surface area contributed by atoms with Crippen LogP contribution >= 0.6 is 0 Å². The summed E-state index contributed by atoms with van der Waals surface area (Å²) in [6, 6.07) is 8.32. The van der Waals surface area contributed by atoms with E-state index in [0.29, 0.717) is 18.7 Å². The molecular weight excluding hydrogens is 258 g/mol. The van der Waals surface area contributed by atoms with E-state index >= 15 is 0 Å². The minimum absolute atomic E-state index is 0.195. The quantitative estimate of drug-likeness (QED) is 0.854. The van der Waals surface area contributed by atoms with Gasteiger partial charge in [0.15, 0.2) is 0 Å². The third-order valence-corrected chi connectivity index (χ3v) is 2.93. The number of carbonyl (C=O) groups is 2. The second kappa shape index (κ2) is 6.01. The lowest BCUT2D eigenvalue weighted by atomic mass is 10.1. The van der Waals surface area contributed by atoms with Gasteiger partial charge in [0.25, 0.3) is 5.91 Å². The van der Waals surface area contributed by atoms with Gasteiger partial charge in [0, 0.05) is 19.8 Å². The van der Waals surface area contributed by atoms with Crippen molar-refractivity contribution in [2.45, 2.75) is 6.42 Å². The van der Waals surface area contributed by atoms with Gasteiger partial charge in [-0.25, -0.2) is 4.79 Å². The molecule has 6 heteroatoms. The Kier molecular flexibility index (Phi) is 4.14. The number of aryl methyl sites for hydroxylation is 1. The molecule has 0 aliphatic heterocycles. The number of aromatic carboxylic acids is 1. The first kappa shape index (κ1) is 13.8. The molecule has 6 nitrogen and oxygen atoms in total. The molecule has 0 unspecified atom stereocenters. The van der Waals surface area contributed by atoms with E-state index in [1.807, 2.05) is 6.07 Å². The van der Waals surface area contributed by atoms with Crippen LogP contribution in [0, 0.1) is 0 Å². The molecule has 20 heavy (non-hydrogen) atoms. The lowest BCUT2D eigenvalue weighted by Gasteiger charge is -2.06. The van der Waals surface area contributed by atoms with E-state index in [2.05, 4.69) is 10.4 Å². The van der Waals surface area contributed by atoms with Gasteiger partial charge < -0.3 is 10.4 Å². The zero-order valence-electron chi connectivity index (χ0n) is 11.0. The maximum atomic E-state index is 11.8. The summed E-state index contributed by atoms with van der Waals surface area (Å²) < 4.78 is 1.50. The molecule has 0 bridgehead atoms. The summed E-state index contributed by atoms with van der Waals surface area (Å²) in [4.78, 5) is 22.7. The van der Waals surface area contributed by atoms with E-state index in [1.54, 1.807) is 37.5 Å². The van der Waals surface area contributed by atoms with Gasteiger partial charge in [-0.05, 0) is 30.2 Å². The maximum Gasteiger partial charge on any atom is 0.335 e. The van der Waals surface area contributed by atoms with Gasteiger partial charge in [-0.3, -0.25) is 9.48 Å². The molecule has 0 saturated carbocycles. The Morgan fingerprint density at radius 2 is 2.15 bits per heavy atom. The number of amides is 1. The first-order valence-electron chi connectivity index (χ1n) is 6.16. The van der Waals surface area contributed by atoms with Gasteiger partial charge in [-0.1, -0.05) is 12.1 Å².